The van der Waals surface area contributed by atoms with E-state index in [4.69, 9.17) is 0 Å². The van der Waals surface area contributed by atoms with Crippen molar-refractivity contribution in [3.05, 3.63) is 89.5 Å². The third-order valence-electron chi connectivity index (χ3n) is 3.46. The van der Waals surface area contributed by atoms with Crippen molar-refractivity contribution in [3.8, 4) is 0 Å². The first-order valence-corrected chi connectivity index (χ1v) is 7.91. The molecule has 0 saturated carbocycles. The number of carbonyl (C=O) groups is 1. The summed E-state index contributed by atoms with van der Waals surface area (Å²) in [5.74, 6) is -1.20. The minimum atomic E-state index is -0.610. The van der Waals surface area contributed by atoms with Gasteiger partial charge in [0.15, 0.2) is 0 Å². The Balaban J connectivity index is 1.52. The second-order valence-corrected chi connectivity index (χ2v) is 5.38. The molecule has 0 unspecified atom stereocenters. The molecule has 26 heavy (non-hydrogen) atoms. The van der Waals surface area contributed by atoms with Crippen molar-refractivity contribution in [1.29, 1.82) is 0 Å². The molecule has 7 heteroatoms. The van der Waals surface area contributed by atoms with Crippen molar-refractivity contribution in [1.82, 2.24) is 20.4 Å². The van der Waals surface area contributed by atoms with Crippen LogP contribution in [0.25, 0.3) is 6.08 Å². The van der Waals surface area contributed by atoms with Crippen molar-refractivity contribution in [3.63, 3.8) is 0 Å². The number of halogens is 1. The van der Waals surface area contributed by atoms with E-state index in [9.17, 15) is 9.18 Å². The molecular formula is C19H16FN5O. The molecule has 0 atom stereocenters. The van der Waals surface area contributed by atoms with Crippen LogP contribution in [0.15, 0.2) is 72.0 Å². The van der Waals surface area contributed by atoms with E-state index in [-0.39, 0.29) is 5.56 Å². The molecule has 0 radical (unpaired) electrons. The summed E-state index contributed by atoms with van der Waals surface area (Å²) in [4.78, 5) is 11.8. The highest BCUT2D eigenvalue weighted by molar-refractivity contribution is 5.94. The summed E-state index contributed by atoms with van der Waals surface area (Å²) in [7, 11) is 0. The molecular weight excluding hydrogens is 333 g/mol. The van der Waals surface area contributed by atoms with Crippen LogP contribution in [-0.4, -0.2) is 27.1 Å². The zero-order valence-corrected chi connectivity index (χ0v) is 13.8. The predicted octanol–water partition coefficient (Wildman–Crippen LogP) is 2.89. The molecule has 3 aromatic rings. The molecule has 1 heterocycles. The van der Waals surface area contributed by atoms with Crippen molar-refractivity contribution in [2.24, 2.45) is 5.10 Å². The Morgan fingerprint density at radius 2 is 1.92 bits per heavy atom. The fourth-order valence-corrected chi connectivity index (χ4v) is 2.22. The Morgan fingerprint density at radius 3 is 2.73 bits per heavy atom. The summed E-state index contributed by atoms with van der Waals surface area (Å²) in [6.45, 7) is 0.633. The minimum Gasteiger partial charge on any atom is -0.267 e. The maximum Gasteiger partial charge on any atom is 0.274 e. The fourth-order valence-electron chi connectivity index (χ4n) is 2.22. The molecule has 0 bridgehead atoms. The number of benzene rings is 2. The summed E-state index contributed by atoms with van der Waals surface area (Å²) in [6, 6.07) is 15.6. The van der Waals surface area contributed by atoms with Crippen molar-refractivity contribution in [2.75, 3.05) is 0 Å². The van der Waals surface area contributed by atoms with Gasteiger partial charge in [0.2, 0.25) is 0 Å². The summed E-state index contributed by atoms with van der Waals surface area (Å²) in [5.41, 5.74) is 3.99. The van der Waals surface area contributed by atoms with Gasteiger partial charge in [-0.3, -0.25) is 4.79 Å². The summed E-state index contributed by atoms with van der Waals surface area (Å²) in [6.07, 6.45) is 6.50. The number of hydrogen-bond acceptors (Lipinski definition) is 4. The molecule has 0 fully saturated rings. The SMILES string of the molecule is O=C(N/N=C\C=C\c1cn(Cc2ccccc2)nn1)c1ccccc1F. The van der Waals surface area contributed by atoms with Gasteiger partial charge in [-0.15, -0.1) is 5.10 Å². The lowest BCUT2D eigenvalue weighted by Gasteiger charge is -1.99. The van der Waals surface area contributed by atoms with Gasteiger partial charge in [-0.25, -0.2) is 14.5 Å². The Hall–Kier alpha value is -3.61. The number of carbonyl (C=O) groups excluding carboxylic acids is 1. The van der Waals surface area contributed by atoms with Crippen LogP contribution in [0.1, 0.15) is 21.6 Å². The van der Waals surface area contributed by atoms with Gasteiger partial charge in [0.05, 0.1) is 18.3 Å². The minimum absolute atomic E-state index is 0.0579. The van der Waals surface area contributed by atoms with Gasteiger partial charge in [-0.2, -0.15) is 5.10 Å². The summed E-state index contributed by atoms with van der Waals surface area (Å²) >= 11 is 0. The molecule has 3 rings (SSSR count). The molecule has 0 aliphatic carbocycles. The topological polar surface area (TPSA) is 72.2 Å². The third-order valence-corrected chi connectivity index (χ3v) is 3.46. The van der Waals surface area contributed by atoms with Crippen LogP contribution in [0.2, 0.25) is 0 Å². The molecule has 1 amide bonds. The van der Waals surface area contributed by atoms with Crippen LogP contribution in [0.4, 0.5) is 4.39 Å². The first-order chi connectivity index (χ1) is 12.7. The molecule has 6 nitrogen and oxygen atoms in total. The van der Waals surface area contributed by atoms with Gasteiger partial charge < -0.3 is 0 Å². The van der Waals surface area contributed by atoms with Crippen molar-refractivity contribution >= 4 is 18.2 Å². The molecule has 130 valence electrons. The second kappa shape index (κ2) is 8.48. The van der Waals surface area contributed by atoms with E-state index in [2.05, 4.69) is 20.8 Å². The molecule has 2 aromatic carbocycles. The molecule has 0 aliphatic heterocycles. The maximum atomic E-state index is 13.5. The van der Waals surface area contributed by atoms with Crippen LogP contribution < -0.4 is 5.43 Å². The van der Waals surface area contributed by atoms with Gasteiger partial charge in [0.1, 0.15) is 11.5 Å². The van der Waals surface area contributed by atoms with Gasteiger partial charge in [-0.1, -0.05) is 47.7 Å². The first kappa shape index (κ1) is 17.2. The number of allylic oxidation sites excluding steroid dienone is 1. The number of rotatable bonds is 6. The van der Waals surface area contributed by atoms with E-state index in [1.54, 1.807) is 29.1 Å². The van der Waals surface area contributed by atoms with Crippen LogP contribution in [0.3, 0.4) is 0 Å². The lowest BCUT2D eigenvalue weighted by molar-refractivity contribution is 0.0951. The molecule has 0 saturated heterocycles. The van der Waals surface area contributed by atoms with E-state index in [1.807, 2.05) is 30.3 Å². The number of aromatic nitrogens is 3. The molecule has 1 N–H and O–H groups in total. The molecule has 0 spiro atoms. The average molecular weight is 349 g/mol. The van der Waals surface area contributed by atoms with E-state index in [0.29, 0.717) is 12.2 Å². The Morgan fingerprint density at radius 1 is 1.15 bits per heavy atom. The normalized spacial score (nSPS) is 11.3. The Kier molecular flexibility index (Phi) is 5.61. The zero-order valence-electron chi connectivity index (χ0n) is 13.8. The van der Waals surface area contributed by atoms with Crippen molar-refractivity contribution in [2.45, 2.75) is 6.54 Å². The maximum absolute atomic E-state index is 13.5. The standard InChI is InChI=1S/C19H16FN5O/c20-18-11-5-4-10-17(18)19(26)23-21-12-6-9-16-14-25(24-22-16)13-15-7-2-1-3-8-15/h1-12,14H,13H2,(H,23,26)/b9-6+,21-12-. The number of nitrogens with one attached hydrogen (secondary N) is 1. The summed E-state index contributed by atoms with van der Waals surface area (Å²) in [5, 5.41) is 11.8. The first-order valence-electron chi connectivity index (χ1n) is 7.91. The van der Waals surface area contributed by atoms with Gasteiger partial charge >= 0.3 is 0 Å². The predicted molar refractivity (Wildman–Crippen MR) is 97.0 cm³/mol. The Labute approximate surface area is 149 Å². The second-order valence-electron chi connectivity index (χ2n) is 5.38. The summed E-state index contributed by atoms with van der Waals surface area (Å²) < 4.78 is 15.2. The van der Waals surface area contributed by atoms with Gasteiger partial charge in [0.25, 0.3) is 5.91 Å². The smallest absolute Gasteiger partial charge is 0.267 e. The highest BCUT2D eigenvalue weighted by Gasteiger charge is 2.08. The lowest BCUT2D eigenvalue weighted by Crippen LogP contribution is -2.18. The highest BCUT2D eigenvalue weighted by Crippen LogP contribution is 2.05. The average Bonchev–Trinajstić information content (AvgIpc) is 3.10. The quantitative estimate of drug-likeness (QED) is 0.549. The van der Waals surface area contributed by atoms with Crippen LogP contribution >= 0.6 is 0 Å². The van der Waals surface area contributed by atoms with Gasteiger partial charge in [-0.05, 0) is 29.8 Å². The number of hydrazone groups is 1. The number of nitrogens with zero attached hydrogens (tertiary/aromatic N) is 4. The fraction of sp³-hybridized carbons (Fsp3) is 0.0526. The molecule has 1 aromatic heterocycles. The number of hydrogen-bond donors (Lipinski definition) is 1. The van der Waals surface area contributed by atoms with E-state index >= 15 is 0 Å². The molecule has 0 aliphatic rings. The number of amides is 1. The Bertz CT molecular complexity index is 934. The van der Waals surface area contributed by atoms with Crippen LogP contribution in [-0.2, 0) is 6.54 Å². The highest BCUT2D eigenvalue weighted by atomic mass is 19.1. The largest absolute Gasteiger partial charge is 0.274 e. The monoisotopic (exact) mass is 349 g/mol. The van der Waals surface area contributed by atoms with E-state index in [0.717, 1.165) is 5.56 Å². The van der Waals surface area contributed by atoms with Crippen molar-refractivity contribution < 1.29 is 9.18 Å². The lowest BCUT2D eigenvalue weighted by atomic mass is 10.2. The van der Waals surface area contributed by atoms with E-state index < -0.39 is 11.7 Å². The van der Waals surface area contributed by atoms with E-state index in [1.165, 1.54) is 24.4 Å². The van der Waals surface area contributed by atoms with Crippen LogP contribution in [0, 0.1) is 5.82 Å². The van der Waals surface area contributed by atoms with Gasteiger partial charge in [0, 0.05) is 6.21 Å². The third kappa shape index (κ3) is 4.70. The zero-order chi connectivity index (χ0) is 18.2. The van der Waals surface area contributed by atoms with Crippen LogP contribution in [0.5, 0.6) is 0 Å².